The number of primary amides is 3. The van der Waals surface area contributed by atoms with E-state index >= 15 is 0 Å². The van der Waals surface area contributed by atoms with E-state index in [1.165, 1.54) is 6.92 Å². The fourth-order valence-electron chi connectivity index (χ4n) is 1.65. The van der Waals surface area contributed by atoms with E-state index < -0.39 is 41.6 Å². The second kappa shape index (κ2) is 9.32. The molecule has 2 atom stereocenters. The predicted octanol–water partition coefficient (Wildman–Crippen LogP) is -3.01. The molecule has 0 aromatic carbocycles. The smallest absolute Gasteiger partial charge is 0.243 e. The fraction of sp³-hybridized carbons (Fsp3) is 0.583. The minimum Gasteiger partial charge on any atom is -0.370 e. The lowest BCUT2D eigenvalue weighted by atomic mass is 10.1. The number of nitrogens with two attached hydrogens (primary N) is 3. The van der Waals surface area contributed by atoms with Crippen LogP contribution < -0.4 is 27.8 Å². The van der Waals surface area contributed by atoms with Crippen molar-refractivity contribution in [1.82, 2.24) is 10.6 Å². The Morgan fingerprint density at radius 1 is 0.818 bits per heavy atom. The summed E-state index contributed by atoms with van der Waals surface area (Å²) in [4.78, 5) is 55.9. The summed E-state index contributed by atoms with van der Waals surface area (Å²) in [5, 5.41) is 4.65. The molecule has 10 nitrogen and oxygen atoms in total. The summed E-state index contributed by atoms with van der Waals surface area (Å²) < 4.78 is 0. The minimum absolute atomic E-state index is 0.0257. The van der Waals surface area contributed by atoms with Gasteiger partial charge in [0.05, 0.1) is 0 Å². The van der Waals surface area contributed by atoms with Crippen molar-refractivity contribution < 1.29 is 24.0 Å². The van der Waals surface area contributed by atoms with Gasteiger partial charge in [-0.3, -0.25) is 24.0 Å². The Bertz CT molecular complexity index is 465. The van der Waals surface area contributed by atoms with Crippen LogP contribution in [-0.2, 0) is 24.0 Å². The molecule has 0 rings (SSSR count). The van der Waals surface area contributed by atoms with Gasteiger partial charge in [0.2, 0.25) is 29.5 Å². The van der Waals surface area contributed by atoms with Crippen molar-refractivity contribution in [3.63, 3.8) is 0 Å². The molecule has 10 heteroatoms. The van der Waals surface area contributed by atoms with Crippen LogP contribution in [0.3, 0.4) is 0 Å². The van der Waals surface area contributed by atoms with Gasteiger partial charge in [-0.05, 0) is 12.8 Å². The molecule has 0 aliphatic carbocycles. The van der Waals surface area contributed by atoms with Gasteiger partial charge in [0.25, 0.3) is 0 Å². The van der Waals surface area contributed by atoms with Crippen LogP contribution in [0.5, 0.6) is 0 Å². The molecule has 0 aliphatic rings. The zero-order valence-electron chi connectivity index (χ0n) is 12.3. The molecule has 2 unspecified atom stereocenters. The molecular formula is C12H21N5O5. The van der Waals surface area contributed by atoms with Crippen LogP contribution in [0.25, 0.3) is 0 Å². The van der Waals surface area contributed by atoms with Crippen molar-refractivity contribution in [2.24, 2.45) is 17.2 Å². The molecule has 8 N–H and O–H groups in total. The third-order valence-corrected chi connectivity index (χ3v) is 2.71. The molecule has 124 valence electrons. The molecule has 0 saturated heterocycles. The Hall–Kier alpha value is -2.65. The van der Waals surface area contributed by atoms with E-state index in [2.05, 4.69) is 10.6 Å². The summed E-state index contributed by atoms with van der Waals surface area (Å²) in [7, 11) is 0. The Kier molecular flexibility index (Phi) is 8.19. The lowest BCUT2D eigenvalue weighted by molar-refractivity contribution is -0.131. The molecule has 22 heavy (non-hydrogen) atoms. The van der Waals surface area contributed by atoms with Crippen molar-refractivity contribution in [3.8, 4) is 0 Å². The van der Waals surface area contributed by atoms with Gasteiger partial charge in [-0.1, -0.05) is 0 Å². The number of carbonyl (C=O) groups excluding carboxylic acids is 5. The zero-order valence-corrected chi connectivity index (χ0v) is 12.3. The Balaban J connectivity index is 4.79. The van der Waals surface area contributed by atoms with Gasteiger partial charge >= 0.3 is 0 Å². The molecule has 0 bridgehead atoms. The third kappa shape index (κ3) is 8.51. The first-order valence-corrected chi connectivity index (χ1v) is 6.56. The van der Waals surface area contributed by atoms with E-state index in [1.807, 2.05) is 0 Å². The highest BCUT2D eigenvalue weighted by atomic mass is 16.2. The van der Waals surface area contributed by atoms with Crippen LogP contribution in [-0.4, -0.2) is 41.6 Å². The maximum Gasteiger partial charge on any atom is 0.243 e. The van der Waals surface area contributed by atoms with E-state index in [0.717, 1.165) is 0 Å². The molecule has 0 heterocycles. The molecule has 0 aromatic heterocycles. The first-order valence-electron chi connectivity index (χ1n) is 6.56. The van der Waals surface area contributed by atoms with E-state index in [-0.39, 0.29) is 25.7 Å². The van der Waals surface area contributed by atoms with E-state index in [9.17, 15) is 24.0 Å². The summed E-state index contributed by atoms with van der Waals surface area (Å²) in [6.45, 7) is 1.20. The van der Waals surface area contributed by atoms with Crippen molar-refractivity contribution in [3.05, 3.63) is 0 Å². The van der Waals surface area contributed by atoms with Crippen molar-refractivity contribution in [2.45, 2.75) is 44.7 Å². The molecule has 0 aromatic rings. The molecule has 0 radical (unpaired) electrons. The number of nitrogens with one attached hydrogen (secondary N) is 2. The number of hydrogen-bond acceptors (Lipinski definition) is 5. The topological polar surface area (TPSA) is 187 Å². The highest BCUT2D eigenvalue weighted by molar-refractivity contribution is 5.91. The van der Waals surface area contributed by atoms with Crippen LogP contribution in [0.2, 0.25) is 0 Å². The molecule has 0 spiro atoms. The number of amides is 5. The van der Waals surface area contributed by atoms with Gasteiger partial charge in [0.15, 0.2) is 0 Å². The Labute approximate surface area is 127 Å². The van der Waals surface area contributed by atoms with Crippen molar-refractivity contribution in [1.29, 1.82) is 0 Å². The first kappa shape index (κ1) is 19.4. The zero-order chi connectivity index (χ0) is 17.3. The molecule has 0 saturated carbocycles. The van der Waals surface area contributed by atoms with Crippen LogP contribution >= 0.6 is 0 Å². The lowest BCUT2D eigenvalue weighted by Gasteiger charge is -2.21. The summed E-state index contributed by atoms with van der Waals surface area (Å²) >= 11 is 0. The van der Waals surface area contributed by atoms with E-state index in [4.69, 9.17) is 17.2 Å². The highest BCUT2D eigenvalue weighted by Gasteiger charge is 2.25. The van der Waals surface area contributed by atoms with Gasteiger partial charge in [-0.15, -0.1) is 0 Å². The van der Waals surface area contributed by atoms with Crippen molar-refractivity contribution in [2.75, 3.05) is 0 Å². The number of carbonyl (C=O) groups is 5. The molecular weight excluding hydrogens is 294 g/mol. The largest absolute Gasteiger partial charge is 0.370 e. The van der Waals surface area contributed by atoms with Gasteiger partial charge in [0, 0.05) is 19.8 Å². The minimum atomic E-state index is -1.11. The normalized spacial score (nSPS) is 12.8. The van der Waals surface area contributed by atoms with Gasteiger partial charge < -0.3 is 27.8 Å². The maximum absolute atomic E-state index is 12.0. The first-order chi connectivity index (χ1) is 10.1. The quantitative estimate of drug-likeness (QED) is 0.286. The van der Waals surface area contributed by atoms with Crippen LogP contribution in [0, 0.1) is 0 Å². The second-order valence-electron chi connectivity index (χ2n) is 4.73. The number of rotatable bonds is 10. The summed E-state index contributed by atoms with van der Waals surface area (Å²) in [6.07, 6.45) is -0.345. The second-order valence-corrected chi connectivity index (χ2v) is 4.73. The van der Waals surface area contributed by atoms with Gasteiger partial charge in [0.1, 0.15) is 12.1 Å². The Morgan fingerprint density at radius 2 is 1.27 bits per heavy atom. The van der Waals surface area contributed by atoms with E-state index in [0.29, 0.717) is 0 Å². The summed E-state index contributed by atoms with van der Waals surface area (Å²) in [6, 6.07) is -2.15. The summed E-state index contributed by atoms with van der Waals surface area (Å²) in [5.41, 5.74) is 15.1. The number of hydrogen-bond donors (Lipinski definition) is 5. The Morgan fingerprint density at radius 3 is 1.64 bits per heavy atom. The van der Waals surface area contributed by atoms with Crippen molar-refractivity contribution >= 4 is 29.5 Å². The SMILES string of the molecule is CC(=O)NC(CCC(N)=O)C(=O)NC(CCC(N)=O)C(N)=O. The van der Waals surface area contributed by atoms with Crippen LogP contribution in [0.4, 0.5) is 0 Å². The average Bonchev–Trinajstić information content (AvgIpc) is 2.37. The highest BCUT2D eigenvalue weighted by Crippen LogP contribution is 2.02. The molecule has 0 aliphatic heterocycles. The third-order valence-electron chi connectivity index (χ3n) is 2.71. The standard InChI is InChI=1S/C12H21N5O5/c1-6(18)16-8(3-5-10(14)20)12(22)17-7(11(15)21)2-4-9(13)19/h7-8H,2-5H2,1H3,(H2,13,19)(H2,14,20)(H2,15,21)(H,16,18)(H,17,22). The molecule has 5 amide bonds. The monoisotopic (exact) mass is 315 g/mol. The lowest BCUT2D eigenvalue weighted by Crippen LogP contribution is -2.53. The van der Waals surface area contributed by atoms with E-state index in [1.54, 1.807) is 0 Å². The van der Waals surface area contributed by atoms with Crippen LogP contribution in [0.15, 0.2) is 0 Å². The maximum atomic E-state index is 12.0. The summed E-state index contributed by atoms with van der Waals surface area (Å²) in [5.74, 6) is -3.32. The average molecular weight is 315 g/mol. The van der Waals surface area contributed by atoms with Gasteiger partial charge in [-0.2, -0.15) is 0 Å². The molecule has 0 fully saturated rings. The van der Waals surface area contributed by atoms with Gasteiger partial charge in [-0.25, -0.2) is 0 Å². The fourth-order valence-corrected chi connectivity index (χ4v) is 1.65. The predicted molar refractivity (Wildman–Crippen MR) is 75.6 cm³/mol. The van der Waals surface area contributed by atoms with Crippen LogP contribution in [0.1, 0.15) is 32.6 Å².